The fourth-order valence-corrected chi connectivity index (χ4v) is 5.18. The molecule has 0 aliphatic carbocycles. The maximum Gasteiger partial charge on any atom is 0.264 e. The molecular formula is C25H27ClN2O3S. The number of anilines is 2. The number of rotatable bonds is 7. The van der Waals surface area contributed by atoms with E-state index in [2.05, 4.69) is 5.32 Å². The Morgan fingerprint density at radius 3 is 2.28 bits per heavy atom. The predicted molar refractivity (Wildman–Crippen MR) is 131 cm³/mol. The first-order chi connectivity index (χ1) is 15.1. The highest BCUT2D eigenvalue weighted by Gasteiger charge is 2.28. The largest absolute Gasteiger partial charge is 0.324 e. The first-order valence-electron chi connectivity index (χ1n) is 10.3. The van der Waals surface area contributed by atoms with E-state index >= 15 is 0 Å². The van der Waals surface area contributed by atoms with Gasteiger partial charge in [0.15, 0.2) is 0 Å². The lowest BCUT2D eigenvalue weighted by atomic mass is 10.0. The summed E-state index contributed by atoms with van der Waals surface area (Å²) in [5.41, 5.74) is 3.66. The van der Waals surface area contributed by atoms with Crippen LogP contribution in [0.1, 0.15) is 36.5 Å². The zero-order valence-corrected chi connectivity index (χ0v) is 20.2. The average Bonchev–Trinajstić information content (AvgIpc) is 2.73. The molecule has 5 nitrogen and oxygen atoms in total. The molecule has 0 saturated carbocycles. The Kier molecular flexibility index (Phi) is 7.26. The van der Waals surface area contributed by atoms with Gasteiger partial charge in [-0.1, -0.05) is 61.3 Å². The lowest BCUT2D eigenvalue weighted by molar-refractivity contribution is -0.114. The number of amides is 1. The van der Waals surface area contributed by atoms with Gasteiger partial charge in [-0.05, 0) is 67.3 Å². The quantitative estimate of drug-likeness (QED) is 0.466. The Balaban J connectivity index is 2.00. The molecule has 7 heteroatoms. The number of para-hydroxylation sites is 1. The zero-order valence-electron chi connectivity index (χ0n) is 18.6. The van der Waals surface area contributed by atoms with E-state index < -0.39 is 15.9 Å². The van der Waals surface area contributed by atoms with E-state index in [-0.39, 0.29) is 17.4 Å². The SMILES string of the molecule is Cc1ccc(S(=O)(=O)N(CC(=O)Nc2ccccc2C(C)C)c2ccc(Cl)cc2C)cc1. The number of halogens is 1. The molecule has 0 fully saturated rings. The molecule has 3 aromatic rings. The second-order valence-electron chi connectivity index (χ2n) is 8.05. The molecule has 0 aliphatic rings. The van der Waals surface area contributed by atoms with Crippen LogP contribution in [0.15, 0.2) is 71.6 Å². The van der Waals surface area contributed by atoms with Crippen molar-refractivity contribution in [1.82, 2.24) is 0 Å². The Morgan fingerprint density at radius 2 is 1.66 bits per heavy atom. The number of aryl methyl sites for hydroxylation is 2. The minimum Gasteiger partial charge on any atom is -0.324 e. The van der Waals surface area contributed by atoms with E-state index in [1.54, 1.807) is 49.4 Å². The van der Waals surface area contributed by atoms with Gasteiger partial charge in [0, 0.05) is 10.7 Å². The highest BCUT2D eigenvalue weighted by molar-refractivity contribution is 7.92. The topological polar surface area (TPSA) is 66.5 Å². The summed E-state index contributed by atoms with van der Waals surface area (Å²) in [6, 6.07) is 19.0. The average molecular weight is 471 g/mol. The number of carbonyl (C=O) groups excluding carboxylic acids is 1. The zero-order chi connectivity index (χ0) is 23.5. The van der Waals surface area contributed by atoms with Gasteiger partial charge in [0.25, 0.3) is 10.0 Å². The van der Waals surface area contributed by atoms with E-state index in [1.807, 2.05) is 45.0 Å². The van der Waals surface area contributed by atoms with Crippen LogP contribution in [0.2, 0.25) is 5.02 Å². The third kappa shape index (κ3) is 5.31. The Morgan fingerprint density at radius 1 is 1.00 bits per heavy atom. The lowest BCUT2D eigenvalue weighted by Crippen LogP contribution is -2.38. The van der Waals surface area contributed by atoms with Crippen LogP contribution in [0.4, 0.5) is 11.4 Å². The van der Waals surface area contributed by atoms with E-state index in [4.69, 9.17) is 11.6 Å². The van der Waals surface area contributed by atoms with Crippen molar-refractivity contribution >= 4 is 38.9 Å². The molecule has 1 N–H and O–H groups in total. The van der Waals surface area contributed by atoms with Gasteiger partial charge in [0.2, 0.25) is 5.91 Å². The summed E-state index contributed by atoms with van der Waals surface area (Å²) in [5.74, 6) is -0.222. The third-order valence-electron chi connectivity index (χ3n) is 5.18. The van der Waals surface area contributed by atoms with E-state index in [9.17, 15) is 13.2 Å². The van der Waals surface area contributed by atoms with Crippen molar-refractivity contribution in [3.63, 3.8) is 0 Å². The normalized spacial score (nSPS) is 11.4. The van der Waals surface area contributed by atoms with Crippen molar-refractivity contribution < 1.29 is 13.2 Å². The Hall–Kier alpha value is -2.83. The lowest BCUT2D eigenvalue weighted by Gasteiger charge is -2.26. The molecule has 3 aromatic carbocycles. The number of sulfonamides is 1. The van der Waals surface area contributed by atoms with Gasteiger partial charge in [0.05, 0.1) is 10.6 Å². The highest BCUT2D eigenvalue weighted by Crippen LogP contribution is 2.29. The van der Waals surface area contributed by atoms with Gasteiger partial charge in [-0.3, -0.25) is 9.10 Å². The number of hydrogen-bond acceptors (Lipinski definition) is 3. The molecule has 0 spiro atoms. The summed E-state index contributed by atoms with van der Waals surface area (Å²) < 4.78 is 28.3. The maximum atomic E-state index is 13.6. The first kappa shape index (κ1) is 23.8. The van der Waals surface area contributed by atoms with E-state index in [1.165, 1.54) is 0 Å². The van der Waals surface area contributed by atoms with Gasteiger partial charge in [-0.15, -0.1) is 0 Å². The van der Waals surface area contributed by atoms with Crippen LogP contribution in [0.25, 0.3) is 0 Å². The van der Waals surface area contributed by atoms with Crippen molar-refractivity contribution in [3.8, 4) is 0 Å². The summed E-state index contributed by atoms with van der Waals surface area (Å²) in [6.45, 7) is 7.36. The number of nitrogens with one attached hydrogen (secondary N) is 1. The van der Waals surface area contributed by atoms with Crippen LogP contribution in [-0.2, 0) is 14.8 Å². The van der Waals surface area contributed by atoms with Crippen LogP contribution in [0.3, 0.4) is 0 Å². The second kappa shape index (κ2) is 9.76. The first-order valence-corrected chi connectivity index (χ1v) is 12.2. The van der Waals surface area contributed by atoms with Gasteiger partial charge >= 0.3 is 0 Å². The molecule has 3 rings (SSSR count). The minimum atomic E-state index is -3.99. The van der Waals surface area contributed by atoms with Crippen LogP contribution >= 0.6 is 11.6 Å². The Labute approximate surface area is 195 Å². The molecule has 0 aromatic heterocycles. The van der Waals surface area contributed by atoms with Gasteiger partial charge in [-0.25, -0.2) is 8.42 Å². The van der Waals surface area contributed by atoms with Crippen LogP contribution in [0, 0.1) is 13.8 Å². The molecule has 1 amide bonds. The summed E-state index contributed by atoms with van der Waals surface area (Å²) in [5, 5.41) is 3.38. The fraction of sp³-hybridized carbons (Fsp3) is 0.240. The fourth-order valence-electron chi connectivity index (χ4n) is 3.47. The molecule has 32 heavy (non-hydrogen) atoms. The van der Waals surface area contributed by atoms with E-state index in [0.717, 1.165) is 15.4 Å². The third-order valence-corrected chi connectivity index (χ3v) is 7.19. The minimum absolute atomic E-state index is 0.118. The molecule has 168 valence electrons. The standard InChI is InChI=1S/C25H27ClN2O3S/c1-17(2)22-7-5-6-8-23(22)27-25(29)16-28(24-14-11-20(26)15-19(24)4)32(30,31)21-12-9-18(3)10-13-21/h5-15,17H,16H2,1-4H3,(H,27,29). The smallest absolute Gasteiger partial charge is 0.264 e. The Bertz CT molecular complexity index is 1220. The number of benzene rings is 3. The molecule has 0 radical (unpaired) electrons. The van der Waals surface area contributed by atoms with Crippen molar-refractivity contribution in [1.29, 1.82) is 0 Å². The summed E-state index contributed by atoms with van der Waals surface area (Å²) in [7, 11) is -3.99. The molecule has 0 saturated heterocycles. The highest BCUT2D eigenvalue weighted by atomic mass is 35.5. The van der Waals surface area contributed by atoms with Crippen molar-refractivity contribution in [2.24, 2.45) is 0 Å². The maximum absolute atomic E-state index is 13.6. The van der Waals surface area contributed by atoms with Crippen LogP contribution in [0.5, 0.6) is 0 Å². The summed E-state index contributed by atoms with van der Waals surface area (Å²) in [6.07, 6.45) is 0. The van der Waals surface area contributed by atoms with Crippen molar-refractivity contribution in [3.05, 3.63) is 88.4 Å². The van der Waals surface area contributed by atoms with Gasteiger partial charge in [0.1, 0.15) is 6.54 Å². The monoisotopic (exact) mass is 470 g/mol. The van der Waals surface area contributed by atoms with Crippen molar-refractivity contribution in [2.45, 2.75) is 38.5 Å². The molecule has 0 atom stereocenters. The molecular weight excluding hydrogens is 444 g/mol. The van der Waals surface area contributed by atoms with E-state index in [0.29, 0.717) is 22.0 Å². The molecule has 0 aliphatic heterocycles. The molecule has 0 unspecified atom stereocenters. The molecule has 0 heterocycles. The van der Waals surface area contributed by atoms with Gasteiger partial charge in [-0.2, -0.15) is 0 Å². The van der Waals surface area contributed by atoms with Gasteiger partial charge < -0.3 is 5.32 Å². The molecule has 0 bridgehead atoms. The van der Waals surface area contributed by atoms with Crippen molar-refractivity contribution in [2.75, 3.05) is 16.2 Å². The summed E-state index contributed by atoms with van der Waals surface area (Å²) in [4.78, 5) is 13.2. The van der Waals surface area contributed by atoms with Crippen LogP contribution < -0.4 is 9.62 Å². The number of nitrogens with zero attached hydrogens (tertiary/aromatic N) is 1. The summed E-state index contributed by atoms with van der Waals surface area (Å²) >= 11 is 6.08. The predicted octanol–water partition coefficient (Wildman–Crippen LogP) is 5.91. The second-order valence-corrected chi connectivity index (χ2v) is 10.3. The number of carbonyl (C=O) groups is 1. The number of hydrogen-bond donors (Lipinski definition) is 1. The van der Waals surface area contributed by atoms with Crippen LogP contribution in [-0.4, -0.2) is 20.9 Å².